The first-order chi connectivity index (χ1) is 8.84. The van der Waals surface area contributed by atoms with E-state index in [2.05, 4.69) is 15.9 Å². The SMILES string of the molecule is Cc1cc(Br)cc(C(=O)N2CCCC2(C)C(=O)O)c1. The van der Waals surface area contributed by atoms with Gasteiger partial charge in [-0.1, -0.05) is 15.9 Å². The van der Waals surface area contributed by atoms with Gasteiger partial charge in [-0.05, 0) is 50.5 Å². The van der Waals surface area contributed by atoms with Crippen molar-refractivity contribution in [1.82, 2.24) is 4.90 Å². The van der Waals surface area contributed by atoms with Crippen molar-refractivity contribution in [3.8, 4) is 0 Å². The molecule has 1 aliphatic rings. The number of likely N-dealkylation sites (tertiary alicyclic amines) is 1. The first-order valence-corrected chi connectivity index (χ1v) is 6.96. The highest BCUT2D eigenvalue weighted by Crippen LogP contribution is 2.31. The van der Waals surface area contributed by atoms with Gasteiger partial charge in [0.2, 0.25) is 0 Å². The number of carboxylic acid groups (broad SMARTS) is 1. The van der Waals surface area contributed by atoms with Crippen LogP contribution in [0.2, 0.25) is 0 Å². The van der Waals surface area contributed by atoms with E-state index >= 15 is 0 Å². The Labute approximate surface area is 120 Å². The molecule has 102 valence electrons. The molecule has 1 aliphatic heterocycles. The molecule has 19 heavy (non-hydrogen) atoms. The third-order valence-electron chi connectivity index (χ3n) is 3.64. The van der Waals surface area contributed by atoms with Crippen LogP contribution < -0.4 is 0 Å². The summed E-state index contributed by atoms with van der Waals surface area (Å²) in [5.74, 6) is -1.16. The number of rotatable bonds is 2. The van der Waals surface area contributed by atoms with Crippen LogP contribution in [0, 0.1) is 6.92 Å². The fourth-order valence-corrected chi connectivity index (χ4v) is 3.13. The number of amides is 1. The van der Waals surface area contributed by atoms with Crippen molar-refractivity contribution >= 4 is 27.8 Å². The molecule has 1 saturated heterocycles. The smallest absolute Gasteiger partial charge is 0.329 e. The highest BCUT2D eigenvalue weighted by atomic mass is 79.9. The van der Waals surface area contributed by atoms with Crippen LogP contribution in [0.15, 0.2) is 22.7 Å². The number of carbonyl (C=O) groups is 2. The molecule has 5 heteroatoms. The van der Waals surface area contributed by atoms with Gasteiger partial charge >= 0.3 is 5.97 Å². The third kappa shape index (κ3) is 2.52. The Balaban J connectivity index is 2.36. The summed E-state index contributed by atoms with van der Waals surface area (Å²) >= 11 is 3.36. The van der Waals surface area contributed by atoms with Crippen LogP contribution in [0.1, 0.15) is 35.7 Å². The predicted octanol–water partition coefficient (Wildman–Crippen LogP) is 2.84. The summed E-state index contributed by atoms with van der Waals surface area (Å²) in [4.78, 5) is 25.4. The van der Waals surface area contributed by atoms with Crippen LogP contribution in [-0.4, -0.2) is 34.0 Å². The molecular formula is C14H16BrNO3. The second-order valence-electron chi connectivity index (χ2n) is 5.16. The summed E-state index contributed by atoms with van der Waals surface area (Å²) in [6, 6.07) is 5.43. The van der Waals surface area contributed by atoms with Crippen LogP contribution in [0.4, 0.5) is 0 Å². The topological polar surface area (TPSA) is 57.6 Å². The molecule has 1 N–H and O–H groups in total. The predicted molar refractivity (Wildman–Crippen MR) is 75.2 cm³/mol. The molecule has 1 aromatic carbocycles. The van der Waals surface area contributed by atoms with Crippen molar-refractivity contribution in [2.24, 2.45) is 0 Å². The number of nitrogens with zero attached hydrogens (tertiary/aromatic N) is 1. The van der Waals surface area contributed by atoms with Gasteiger partial charge in [0, 0.05) is 16.6 Å². The average molecular weight is 326 g/mol. The number of halogens is 1. The van der Waals surface area contributed by atoms with Crippen molar-refractivity contribution in [2.45, 2.75) is 32.2 Å². The lowest BCUT2D eigenvalue weighted by Gasteiger charge is -2.31. The van der Waals surface area contributed by atoms with E-state index in [4.69, 9.17) is 0 Å². The molecule has 1 aromatic rings. The minimum Gasteiger partial charge on any atom is -0.480 e. The van der Waals surface area contributed by atoms with Crippen molar-refractivity contribution in [1.29, 1.82) is 0 Å². The number of carboxylic acids is 1. The first kappa shape index (κ1) is 14.1. The van der Waals surface area contributed by atoms with E-state index in [0.717, 1.165) is 16.5 Å². The number of hydrogen-bond donors (Lipinski definition) is 1. The highest BCUT2D eigenvalue weighted by molar-refractivity contribution is 9.10. The maximum atomic E-state index is 12.5. The number of aliphatic carboxylic acids is 1. The van der Waals surface area contributed by atoms with Crippen molar-refractivity contribution < 1.29 is 14.7 Å². The lowest BCUT2D eigenvalue weighted by atomic mass is 9.98. The first-order valence-electron chi connectivity index (χ1n) is 6.17. The summed E-state index contributed by atoms with van der Waals surface area (Å²) in [6.45, 7) is 4.01. The van der Waals surface area contributed by atoms with E-state index < -0.39 is 11.5 Å². The number of benzene rings is 1. The molecular weight excluding hydrogens is 310 g/mol. The molecule has 0 radical (unpaired) electrons. The standard InChI is InChI=1S/C14H16BrNO3/c1-9-6-10(8-11(15)7-9)12(17)16-5-3-4-14(16,2)13(18)19/h6-8H,3-5H2,1-2H3,(H,18,19). The van der Waals surface area contributed by atoms with E-state index in [1.54, 1.807) is 19.1 Å². The Hall–Kier alpha value is -1.36. The molecule has 1 heterocycles. The van der Waals surface area contributed by atoms with E-state index in [-0.39, 0.29) is 5.91 Å². The van der Waals surface area contributed by atoms with E-state index in [1.807, 2.05) is 13.0 Å². The van der Waals surface area contributed by atoms with E-state index in [9.17, 15) is 14.7 Å². The molecule has 0 aromatic heterocycles. The van der Waals surface area contributed by atoms with Gasteiger partial charge in [-0.25, -0.2) is 4.79 Å². The van der Waals surface area contributed by atoms with E-state index in [0.29, 0.717) is 18.5 Å². The van der Waals surface area contributed by atoms with Gasteiger partial charge in [0.25, 0.3) is 5.91 Å². The molecule has 0 saturated carbocycles. The summed E-state index contributed by atoms with van der Waals surface area (Å²) in [5.41, 5.74) is 0.406. The molecule has 0 spiro atoms. The van der Waals surface area contributed by atoms with Crippen molar-refractivity contribution in [2.75, 3.05) is 6.54 Å². The maximum Gasteiger partial charge on any atom is 0.329 e. The average Bonchev–Trinajstić information content (AvgIpc) is 2.70. The zero-order valence-corrected chi connectivity index (χ0v) is 12.5. The number of aryl methyl sites for hydroxylation is 1. The Kier molecular flexibility index (Phi) is 3.67. The second kappa shape index (κ2) is 4.96. The lowest BCUT2D eigenvalue weighted by molar-refractivity contribution is -0.147. The van der Waals surface area contributed by atoms with Gasteiger partial charge in [0.1, 0.15) is 5.54 Å². The van der Waals surface area contributed by atoms with Gasteiger partial charge in [-0.2, -0.15) is 0 Å². The minimum atomic E-state index is -1.09. The summed E-state index contributed by atoms with van der Waals surface area (Å²) in [6.07, 6.45) is 1.22. The fraction of sp³-hybridized carbons (Fsp3) is 0.429. The fourth-order valence-electron chi connectivity index (χ4n) is 2.53. The normalized spacial score (nSPS) is 22.6. The summed E-state index contributed by atoms with van der Waals surface area (Å²) < 4.78 is 0.826. The Bertz CT molecular complexity index is 523. The molecule has 1 atom stereocenters. The minimum absolute atomic E-state index is 0.216. The maximum absolute atomic E-state index is 12.5. The van der Waals surface area contributed by atoms with Crippen LogP contribution in [0.3, 0.4) is 0 Å². The summed E-state index contributed by atoms with van der Waals surface area (Å²) in [7, 11) is 0. The van der Waals surface area contributed by atoms with Crippen molar-refractivity contribution in [3.05, 3.63) is 33.8 Å². The third-order valence-corrected chi connectivity index (χ3v) is 4.09. The molecule has 0 bridgehead atoms. The van der Waals surface area contributed by atoms with Gasteiger partial charge < -0.3 is 10.0 Å². The van der Waals surface area contributed by atoms with Crippen molar-refractivity contribution in [3.63, 3.8) is 0 Å². The largest absolute Gasteiger partial charge is 0.480 e. The summed E-state index contributed by atoms with van der Waals surface area (Å²) in [5, 5.41) is 9.34. The van der Waals surface area contributed by atoms with Crippen LogP contribution >= 0.6 is 15.9 Å². The van der Waals surface area contributed by atoms with Gasteiger partial charge in [-0.3, -0.25) is 4.79 Å². The molecule has 1 amide bonds. The molecule has 2 rings (SSSR count). The molecule has 0 aliphatic carbocycles. The van der Waals surface area contributed by atoms with Crippen LogP contribution in [0.25, 0.3) is 0 Å². The zero-order valence-electron chi connectivity index (χ0n) is 10.9. The Morgan fingerprint density at radius 3 is 2.63 bits per heavy atom. The quantitative estimate of drug-likeness (QED) is 0.909. The van der Waals surface area contributed by atoms with Crippen LogP contribution in [-0.2, 0) is 4.79 Å². The number of carbonyl (C=O) groups excluding carboxylic acids is 1. The Morgan fingerprint density at radius 1 is 1.37 bits per heavy atom. The lowest BCUT2D eigenvalue weighted by Crippen LogP contribution is -2.50. The van der Waals surface area contributed by atoms with Crippen LogP contribution in [0.5, 0.6) is 0 Å². The Morgan fingerprint density at radius 2 is 2.05 bits per heavy atom. The second-order valence-corrected chi connectivity index (χ2v) is 6.07. The highest BCUT2D eigenvalue weighted by Gasteiger charge is 2.46. The van der Waals surface area contributed by atoms with E-state index in [1.165, 1.54) is 4.90 Å². The zero-order chi connectivity index (χ0) is 14.2. The number of hydrogen-bond acceptors (Lipinski definition) is 2. The molecule has 1 fully saturated rings. The van der Waals surface area contributed by atoms with Gasteiger partial charge in [-0.15, -0.1) is 0 Å². The molecule has 1 unspecified atom stereocenters. The monoisotopic (exact) mass is 325 g/mol. The molecule has 4 nitrogen and oxygen atoms in total. The van der Waals surface area contributed by atoms with Gasteiger partial charge in [0.15, 0.2) is 0 Å². The van der Waals surface area contributed by atoms with Gasteiger partial charge in [0.05, 0.1) is 0 Å².